The van der Waals surface area contributed by atoms with E-state index < -0.39 is 0 Å². The Bertz CT molecular complexity index is 1110. The van der Waals surface area contributed by atoms with Crippen molar-refractivity contribution in [2.45, 2.75) is 6.54 Å². The van der Waals surface area contributed by atoms with Gasteiger partial charge in [-0.05, 0) is 23.8 Å². The van der Waals surface area contributed by atoms with Gasteiger partial charge in [-0.15, -0.1) is 0 Å². The number of pyridine rings is 3. The summed E-state index contributed by atoms with van der Waals surface area (Å²) < 4.78 is 6.90. The normalized spacial score (nSPS) is 10.8. The molecule has 4 heterocycles. The third kappa shape index (κ3) is 3.38. The van der Waals surface area contributed by atoms with Crippen LogP contribution in [0.3, 0.4) is 0 Å². The lowest BCUT2D eigenvalue weighted by atomic mass is 10.2. The standard InChI is InChI=1S/C18H12ClN5O2/c19-15-6-14(8-21-9-15)17-22-18(26-23-17)13-3-4-16(25)24(11-13)10-12-2-1-5-20-7-12/h1-9,11H,10H2. The number of nitrogens with zero attached hydrogens (tertiary/aromatic N) is 5. The summed E-state index contributed by atoms with van der Waals surface area (Å²) in [6.07, 6.45) is 8.22. The van der Waals surface area contributed by atoms with Gasteiger partial charge in [-0.2, -0.15) is 4.98 Å². The molecule has 0 aromatic carbocycles. The molecule has 0 amide bonds. The summed E-state index contributed by atoms with van der Waals surface area (Å²) in [4.78, 5) is 24.6. The zero-order valence-corrected chi connectivity index (χ0v) is 14.2. The molecule has 0 fully saturated rings. The maximum Gasteiger partial charge on any atom is 0.259 e. The smallest absolute Gasteiger partial charge is 0.259 e. The highest BCUT2D eigenvalue weighted by Crippen LogP contribution is 2.22. The van der Waals surface area contributed by atoms with Crippen LogP contribution < -0.4 is 5.56 Å². The molecule has 0 unspecified atom stereocenters. The van der Waals surface area contributed by atoms with Gasteiger partial charge in [-0.25, -0.2) is 0 Å². The summed E-state index contributed by atoms with van der Waals surface area (Å²) in [7, 11) is 0. The van der Waals surface area contributed by atoms with Gasteiger partial charge in [0.05, 0.1) is 17.1 Å². The van der Waals surface area contributed by atoms with E-state index in [1.54, 1.807) is 41.5 Å². The van der Waals surface area contributed by atoms with Crippen LogP contribution in [0.15, 0.2) is 70.6 Å². The molecule has 0 aliphatic rings. The fraction of sp³-hybridized carbons (Fsp3) is 0.0556. The van der Waals surface area contributed by atoms with E-state index in [1.807, 2.05) is 12.1 Å². The summed E-state index contributed by atoms with van der Waals surface area (Å²) in [5.41, 5.74) is 2.08. The van der Waals surface area contributed by atoms with Gasteiger partial charge < -0.3 is 9.09 Å². The fourth-order valence-electron chi connectivity index (χ4n) is 2.46. The van der Waals surface area contributed by atoms with Gasteiger partial charge >= 0.3 is 0 Å². The fourth-order valence-corrected chi connectivity index (χ4v) is 2.64. The van der Waals surface area contributed by atoms with Crippen LogP contribution >= 0.6 is 11.6 Å². The summed E-state index contributed by atoms with van der Waals surface area (Å²) in [5.74, 6) is 0.680. The Hall–Kier alpha value is -3.32. The van der Waals surface area contributed by atoms with E-state index in [9.17, 15) is 4.79 Å². The average Bonchev–Trinajstić information content (AvgIpc) is 3.15. The monoisotopic (exact) mass is 365 g/mol. The minimum Gasteiger partial charge on any atom is -0.334 e. The first-order valence-corrected chi connectivity index (χ1v) is 8.11. The highest BCUT2D eigenvalue weighted by Gasteiger charge is 2.12. The summed E-state index contributed by atoms with van der Waals surface area (Å²) in [5, 5.41) is 4.44. The SMILES string of the molecule is O=c1ccc(-c2nc(-c3cncc(Cl)c3)no2)cn1Cc1cccnc1. The molecule has 4 aromatic rings. The van der Waals surface area contributed by atoms with Crippen LogP contribution in [-0.2, 0) is 6.54 Å². The van der Waals surface area contributed by atoms with E-state index in [0.29, 0.717) is 34.4 Å². The molecule has 4 aromatic heterocycles. The Morgan fingerprint density at radius 3 is 2.81 bits per heavy atom. The first kappa shape index (κ1) is 16.2. The molecule has 4 rings (SSSR count). The van der Waals surface area contributed by atoms with Crippen molar-refractivity contribution in [3.05, 3.63) is 82.3 Å². The van der Waals surface area contributed by atoms with Crippen molar-refractivity contribution in [1.29, 1.82) is 0 Å². The van der Waals surface area contributed by atoms with Crippen LogP contribution in [0.5, 0.6) is 0 Å². The van der Waals surface area contributed by atoms with Crippen LogP contribution in [0.25, 0.3) is 22.8 Å². The number of hydrogen-bond donors (Lipinski definition) is 0. The Morgan fingerprint density at radius 2 is 2.00 bits per heavy atom. The van der Waals surface area contributed by atoms with Crippen molar-refractivity contribution in [1.82, 2.24) is 24.7 Å². The summed E-state index contributed by atoms with van der Waals surface area (Å²) in [6.45, 7) is 0.403. The minimum atomic E-state index is -0.128. The molecule has 0 aliphatic heterocycles. The Kier molecular flexibility index (Phi) is 4.28. The van der Waals surface area contributed by atoms with Gasteiger partial charge in [-0.1, -0.05) is 22.8 Å². The van der Waals surface area contributed by atoms with Crippen LogP contribution in [0.2, 0.25) is 5.02 Å². The molecule has 7 nitrogen and oxygen atoms in total. The zero-order chi connectivity index (χ0) is 17.9. The van der Waals surface area contributed by atoms with E-state index in [2.05, 4.69) is 20.1 Å². The van der Waals surface area contributed by atoms with Gasteiger partial charge in [-0.3, -0.25) is 14.8 Å². The second-order valence-electron chi connectivity index (χ2n) is 5.56. The second-order valence-corrected chi connectivity index (χ2v) is 6.00. The topological polar surface area (TPSA) is 86.7 Å². The molecule has 128 valence electrons. The van der Waals surface area contributed by atoms with Crippen molar-refractivity contribution in [3.8, 4) is 22.8 Å². The molecule has 26 heavy (non-hydrogen) atoms. The molecule has 0 spiro atoms. The quantitative estimate of drug-likeness (QED) is 0.552. The highest BCUT2D eigenvalue weighted by atomic mass is 35.5. The second kappa shape index (κ2) is 6.89. The van der Waals surface area contributed by atoms with Crippen LogP contribution in [0.4, 0.5) is 0 Å². The predicted octanol–water partition coefficient (Wildman–Crippen LogP) is 3.06. The van der Waals surface area contributed by atoms with Gasteiger partial charge in [0.2, 0.25) is 5.82 Å². The lowest BCUT2D eigenvalue weighted by Crippen LogP contribution is -2.19. The van der Waals surface area contributed by atoms with Crippen molar-refractivity contribution in [2.75, 3.05) is 0 Å². The number of hydrogen-bond acceptors (Lipinski definition) is 6. The van der Waals surface area contributed by atoms with E-state index in [1.165, 1.54) is 12.3 Å². The van der Waals surface area contributed by atoms with Crippen molar-refractivity contribution in [2.24, 2.45) is 0 Å². The molecule has 0 radical (unpaired) electrons. The molecule has 0 N–H and O–H groups in total. The molecular weight excluding hydrogens is 354 g/mol. The Labute approximate surface area is 152 Å². The molecule has 0 bridgehead atoms. The maximum atomic E-state index is 12.1. The summed E-state index contributed by atoms with van der Waals surface area (Å²) >= 11 is 5.94. The Morgan fingerprint density at radius 1 is 1.08 bits per heavy atom. The maximum absolute atomic E-state index is 12.1. The van der Waals surface area contributed by atoms with Gasteiger partial charge in [0.25, 0.3) is 11.4 Å². The minimum absolute atomic E-state index is 0.128. The van der Waals surface area contributed by atoms with Crippen molar-refractivity contribution >= 4 is 11.6 Å². The van der Waals surface area contributed by atoms with Crippen LogP contribution in [0.1, 0.15) is 5.56 Å². The number of aromatic nitrogens is 5. The zero-order valence-electron chi connectivity index (χ0n) is 13.4. The molecule has 8 heteroatoms. The van der Waals surface area contributed by atoms with Crippen LogP contribution in [-0.4, -0.2) is 24.7 Å². The molecule has 0 saturated heterocycles. The largest absolute Gasteiger partial charge is 0.334 e. The lowest BCUT2D eigenvalue weighted by molar-refractivity contribution is 0.432. The van der Waals surface area contributed by atoms with E-state index in [-0.39, 0.29) is 5.56 Å². The third-order valence-electron chi connectivity index (χ3n) is 3.70. The van der Waals surface area contributed by atoms with Gasteiger partial charge in [0.15, 0.2) is 0 Å². The predicted molar refractivity (Wildman–Crippen MR) is 95.6 cm³/mol. The average molecular weight is 366 g/mol. The van der Waals surface area contributed by atoms with E-state index >= 15 is 0 Å². The molecule has 0 aliphatic carbocycles. The molecule has 0 atom stereocenters. The first-order chi connectivity index (χ1) is 12.7. The molecule has 0 saturated carbocycles. The molecular formula is C18H12ClN5O2. The first-order valence-electron chi connectivity index (χ1n) is 7.73. The van der Waals surface area contributed by atoms with Crippen molar-refractivity contribution < 1.29 is 4.52 Å². The van der Waals surface area contributed by atoms with Crippen LogP contribution in [0, 0.1) is 0 Å². The third-order valence-corrected chi connectivity index (χ3v) is 3.90. The van der Waals surface area contributed by atoms with E-state index in [4.69, 9.17) is 16.1 Å². The number of halogens is 1. The van der Waals surface area contributed by atoms with Gasteiger partial charge in [0, 0.05) is 42.6 Å². The Balaban J connectivity index is 1.66. The van der Waals surface area contributed by atoms with Crippen molar-refractivity contribution in [3.63, 3.8) is 0 Å². The lowest BCUT2D eigenvalue weighted by Gasteiger charge is -2.06. The highest BCUT2D eigenvalue weighted by molar-refractivity contribution is 6.30. The van der Waals surface area contributed by atoms with E-state index in [0.717, 1.165) is 5.56 Å². The van der Waals surface area contributed by atoms with Gasteiger partial charge in [0.1, 0.15) is 0 Å². The number of rotatable bonds is 4. The summed E-state index contributed by atoms with van der Waals surface area (Å²) in [6, 6.07) is 8.55.